The third-order valence-corrected chi connectivity index (χ3v) is 5.29. The van der Waals surface area contributed by atoms with Crippen LogP contribution in [0.3, 0.4) is 0 Å². The van der Waals surface area contributed by atoms with Gasteiger partial charge in [-0.25, -0.2) is 0 Å². The van der Waals surface area contributed by atoms with E-state index in [4.69, 9.17) is 14.2 Å². The molecule has 0 spiro atoms. The Balaban J connectivity index is 1.68. The van der Waals surface area contributed by atoms with Gasteiger partial charge < -0.3 is 19.1 Å². The monoisotopic (exact) mass is 405 g/mol. The van der Waals surface area contributed by atoms with Gasteiger partial charge in [0, 0.05) is 24.2 Å². The van der Waals surface area contributed by atoms with Crippen LogP contribution in [0.15, 0.2) is 48.5 Å². The third-order valence-electron chi connectivity index (χ3n) is 5.29. The second-order valence-electron chi connectivity index (χ2n) is 7.18. The SMILES string of the molecule is COc1ccc(CC(=O)N2CCc3cc(OC(C)=O)c4ccccc4c32)cc1OC. The highest BCUT2D eigenvalue weighted by atomic mass is 16.5. The molecule has 1 aliphatic rings. The zero-order valence-electron chi connectivity index (χ0n) is 17.2. The van der Waals surface area contributed by atoms with Gasteiger partial charge >= 0.3 is 5.97 Å². The molecule has 0 bridgehead atoms. The number of nitrogens with zero attached hydrogens (tertiary/aromatic N) is 1. The summed E-state index contributed by atoms with van der Waals surface area (Å²) in [5.41, 5.74) is 2.75. The van der Waals surface area contributed by atoms with E-state index in [1.165, 1.54) is 6.92 Å². The molecule has 0 aromatic heterocycles. The first-order chi connectivity index (χ1) is 14.5. The summed E-state index contributed by atoms with van der Waals surface area (Å²) >= 11 is 0. The normalized spacial score (nSPS) is 12.6. The van der Waals surface area contributed by atoms with Gasteiger partial charge in [-0.2, -0.15) is 0 Å². The zero-order valence-corrected chi connectivity index (χ0v) is 17.2. The highest BCUT2D eigenvalue weighted by molar-refractivity contribution is 6.09. The second-order valence-corrected chi connectivity index (χ2v) is 7.18. The van der Waals surface area contributed by atoms with Crippen LogP contribution in [0.1, 0.15) is 18.1 Å². The highest BCUT2D eigenvalue weighted by Crippen LogP contribution is 2.41. The van der Waals surface area contributed by atoms with Crippen LogP contribution in [0.25, 0.3) is 10.8 Å². The van der Waals surface area contributed by atoms with E-state index in [-0.39, 0.29) is 18.3 Å². The minimum absolute atomic E-state index is 0.00589. The van der Waals surface area contributed by atoms with E-state index in [9.17, 15) is 9.59 Å². The number of rotatable bonds is 5. The van der Waals surface area contributed by atoms with Crippen LogP contribution in [0, 0.1) is 0 Å². The van der Waals surface area contributed by atoms with Crippen molar-refractivity contribution in [2.75, 3.05) is 25.7 Å². The van der Waals surface area contributed by atoms with Gasteiger partial charge in [0.1, 0.15) is 5.75 Å². The summed E-state index contributed by atoms with van der Waals surface area (Å²) in [7, 11) is 3.16. The van der Waals surface area contributed by atoms with Crippen LogP contribution in [-0.4, -0.2) is 32.6 Å². The lowest BCUT2D eigenvalue weighted by molar-refractivity contribution is -0.131. The summed E-state index contributed by atoms with van der Waals surface area (Å²) in [6, 6.07) is 15.1. The first-order valence-electron chi connectivity index (χ1n) is 9.76. The van der Waals surface area contributed by atoms with Gasteiger partial charge in [0.2, 0.25) is 5.91 Å². The molecule has 6 heteroatoms. The molecule has 3 aromatic carbocycles. The van der Waals surface area contributed by atoms with Crippen molar-refractivity contribution in [2.45, 2.75) is 19.8 Å². The Labute approximate surface area is 175 Å². The van der Waals surface area contributed by atoms with E-state index in [0.717, 1.165) is 27.6 Å². The van der Waals surface area contributed by atoms with Crippen molar-refractivity contribution in [3.63, 3.8) is 0 Å². The standard InChI is InChI=1S/C24H23NO5/c1-15(26)30-21-14-17-10-11-25(24(17)19-7-5-4-6-18(19)21)23(27)13-16-8-9-20(28-2)22(12-16)29-3/h4-9,12,14H,10-11,13H2,1-3H3. The molecule has 3 aromatic rings. The van der Waals surface area contributed by atoms with Gasteiger partial charge in [-0.1, -0.05) is 30.3 Å². The smallest absolute Gasteiger partial charge is 0.308 e. The molecule has 0 saturated heterocycles. The average Bonchev–Trinajstić information content (AvgIpc) is 3.17. The van der Waals surface area contributed by atoms with Crippen molar-refractivity contribution in [3.8, 4) is 17.2 Å². The maximum absolute atomic E-state index is 13.2. The number of fused-ring (bicyclic) bond motifs is 3. The van der Waals surface area contributed by atoms with E-state index in [1.807, 2.05) is 47.4 Å². The molecule has 0 saturated carbocycles. The summed E-state index contributed by atoms with van der Waals surface area (Å²) < 4.78 is 16.0. The van der Waals surface area contributed by atoms with Crippen LogP contribution in [-0.2, 0) is 22.4 Å². The largest absolute Gasteiger partial charge is 0.493 e. The van der Waals surface area contributed by atoms with Gasteiger partial charge in [-0.3, -0.25) is 9.59 Å². The lowest BCUT2D eigenvalue weighted by Crippen LogP contribution is -2.30. The van der Waals surface area contributed by atoms with Crippen molar-refractivity contribution in [3.05, 3.63) is 59.7 Å². The van der Waals surface area contributed by atoms with Crippen LogP contribution in [0.5, 0.6) is 17.2 Å². The van der Waals surface area contributed by atoms with E-state index in [2.05, 4.69) is 0 Å². The van der Waals surface area contributed by atoms with Gasteiger partial charge in [-0.15, -0.1) is 0 Å². The molecule has 0 atom stereocenters. The minimum Gasteiger partial charge on any atom is -0.493 e. The van der Waals surface area contributed by atoms with Crippen LogP contribution < -0.4 is 19.1 Å². The summed E-state index contributed by atoms with van der Waals surface area (Å²) in [5, 5.41) is 1.72. The zero-order chi connectivity index (χ0) is 21.3. The van der Waals surface area contributed by atoms with E-state index in [0.29, 0.717) is 30.2 Å². The van der Waals surface area contributed by atoms with Crippen molar-refractivity contribution in [2.24, 2.45) is 0 Å². The topological polar surface area (TPSA) is 65.1 Å². The molecule has 6 nitrogen and oxygen atoms in total. The average molecular weight is 405 g/mol. The summed E-state index contributed by atoms with van der Waals surface area (Å²) in [4.78, 5) is 26.6. The Morgan fingerprint density at radius 3 is 2.37 bits per heavy atom. The molecule has 1 amide bonds. The lowest BCUT2D eigenvalue weighted by Gasteiger charge is -2.20. The number of ether oxygens (including phenoxy) is 3. The predicted octanol–water partition coefficient (Wildman–Crippen LogP) is 3.91. The minimum atomic E-state index is -0.362. The van der Waals surface area contributed by atoms with Crippen LogP contribution in [0.4, 0.5) is 5.69 Å². The number of hydrogen-bond acceptors (Lipinski definition) is 5. The molecule has 1 heterocycles. The van der Waals surface area contributed by atoms with Crippen LogP contribution in [0.2, 0.25) is 0 Å². The van der Waals surface area contributed by atoms with Crippen molar-refractivity contribution in [1.82, 2.24) is 0 Å². The van der Waals surface area contributed by atoms with E-state index in [1.54, 1.807) is 20.3 Å². The van der Waals surface area contributed by atoms with Gasteiger partial charge in [0.05, 0.1) is 26.3 Å². The number of carbonyl (C=O) groups excluding carboxylic acids is 2. The van der Waals surface area contributed by atoms with Crippen molar-refractivity contribution < 1.29 is 23.8 Å². The van der Waals surface area contributed by atoms with E-state index >= 15 is 0 Å². The fourth-order valence-corrected chi connectivity index (χ4v) is 3.98. The van der Waals surface area contributed by atoms with Gasteiger partial charge in [-0.05, 0) is 35.7 Å². The highest BCUT2D eigenvalue weighted by Gasteiger charge is 2.28. The fourth-order valence-electron chi connectivity index (χ4n) is 3.98. The number of hydrogen-bond donors (Lipinski definition) is 0. The van der Waals surface area contributed by atoms with E-state index < -0.39 is 0 Å². The predicted molar refractivity (Wildman–Crippen MR) is 115 cm³/mol. The molecular formula is C24H23NO5. The third kappa shape index (κ3) is 3.56. The number of methoxy groups -OCH3 is 2. The second kappa shape index (κ2) is 8.06. The summed E-state index contributed by atoms with van der Waals surface area (Å²) in [6.45, 7) is 1.98. The molecule has 0 aliphatic carbocycles. The first-order valence-corrected chi connectivity index (χ1v) is 9.76. The number of amides is 1. The molecular weight excluding hydrogens is 382 g/mol. The molecule has 0 N–H and O–H groups in total. The Bertz CT molecular complexity index is 1140. The van der Waals surface area contributed by atoms with Crippen molar-refractivity contribution >= 4 is 28.3 Å². The Morgan fingerprint density at radius 2 is 1.67 bits per heavy atom. The fraction of sp³-hybridized carbons (Fsp3) is 0.250. The quantitative estimate of drug-likeness (QED) is 0.476. The molecule has 4 rings (SSSR count). The Hall–Kier alpha value is -3.54. The summed E-state index contributed by atoms with van der Waals surface area (Å²) in [5.74, 6) is 1.40. The van der Waals surface area contributed by atoms with Crippen molar-refractivity contribution in [1.29, 1.82) is 0 Å². The number of anilines is 1. The van der Waals surface area contributed by atoms with Gasteiger partial charge in [0.25, 0.3) is 0 Å². The lowest BCUT2D eigenvalue weighted by atomic mass is 10.0. The Kier molecular flexibility index (Phi) is 5.31. The molecule has 0 unspecified atom stereocenters. The molecule has 0 fully saturated rings. The maximum Gasteiger partial charge on any atom is 0.308 e. The number of benzene rings is 3. The van der Waals surface area contributed by atoms with Crippen LogP contribution >= 0.6 is 0 Å². The number of esters is 1. The molecule has 1 aliphatic heterocycles. The molecule has 30 heavy (non-hydrogen) atoms. The summed E-state index contributed by atoms with van der Waals surface area (Å²) in [6.07, 6.45) is 0.964. The molecule has 154 valence electrons. The van der Waals surface area contributed by atoms with Gasteiger partial charge in [0.15, 0.2) is 11.5 Å². The number of carbonyl (C=O) groups is 2. The maximum atomic E-state index is 13.2. The first kappa shape index (κ1) is 19.8. The molecule has 0 radical (unpaired) electrons. The Morgan fingerprint density at radius 1 is 0.933 bits per heavy atom.